The molecule has 4 heteroatoms. The van der Waals surface area contributed by atoms with E-state index >= 15 is 0 Å². The SMILES string of the molecule is CCC(C)(C)C1CCc2[nH]c(=O)cc(C(=O)O)c2C1. The molecule has 0 fully saturated rings. The van der Waals surface area contributed by atoms with Crippen molar-refractivity contribution in [2.75, 3.05) is 0 Å². The molecule has 1 heterocycles. The first-order valence-corrected chi connectivity index (χ1v) is 6.83. The molecule has 19 heavy (non-hydrogen) atoms. The Hall–Kier alpha value is -1.58. The molecular formula is C15H21NO3. The fourth-order valence-corrected chi connectivity index (χ4v) is 2.90. The molecule has 0 spiro atoms. The minimum absolute atomic E-state index is 0.176. The molecule has 1 aromatic rings. The highest BCUT2D eigenvalue weighted by atomic mass is 16.4. The molecule has 1 aromatic heterocycles. The normalized spacial score (nSPS) is 19.0. The number of hydrogen-bond donors (Lipinski definition) is 2. The third kappa shape index (κ3) is 2.57. The Morgan fingerprint density at radius 1 is 1.53 bits per heavy atom. The fraction of sp³-hybridized carbons (Fsp3) is 0.600. The van der Waals surface area contributed by atoms with E-state index in [0.717, 1.165) is 36.9 Å². The molecule has 1 unspecified atom stereocenters. The molecule has 104 valence electrons. The molecule has 1 atom stereocenters. The summed E-state index contributed by atoms with van der Waals surface area (Å²) >= 11 is 0. The summed E-state index contributed by atoms with van der Waals surface area (Å²) in [5.41, 5.74) is 1.70. The van der Waals surface area contributed by atoms with Crippen LogP contribution >= 0.6 is 0 Å². The van der Waals surface area contributed by atoms with E-state index in [4.69, 9.17) is 0 Å². The Labute approximate surface area is 112 Å². The molecule has 0 saturated carbocycles. The Morgan fingerprint density at radius 2 is 2.21 bits per heavy atom. The minimum atomic E-state index is -1.00. The lowest BCUT2D eigenvalue weighted by atomic mass is 9.68. The van der Waals surface area contributed by atoms with Crippen LogP contribution in [0.2, 0.25) is 0 Å². The summed E-state index contributed by atoms with van der Waals surface area (Å²) < 4.78 is 0. The lowest BCUT2D eigenvalue weighted by Crippen LogP contribution is -2.31. The maximum absolute atomic E-state index is 11.5. The second-order valence-corrected chi connectivity index (χ2v) is 6.09. The minimum Gasteiger partial charge on any atom is -0.478 e. The molecular weight excluding hydrogens is 242 g/mol. The quantitative estimate of drug-likeness (QED) is 0.880. The summed E-state index contributed by atoms with van der Waals surface area (Å²) in [4.78, 5) is 25.6. The second kappa shape index (κ2) is 4.83. The Bertz CT molecular complexity index is 557. The number of rotatable bonds is 3. The lowest BCUT2D eigenvalue weighted by molar-refractivity contribution is 0.0693. The standard InChI is InChI=1S/C15H21NO3/c1-4-15(2,3)9-5-6-12-10(7-9)11(14(18)19)8-13(17)16-12/h8-9H,4-7H2,1-3H3,(H,16,17)(H,18,19). The Balaban J connectivity index is 2.44. The molecule has 4 nitrogen and oxygen atoms in total. The van der Waals surface area contributed by atoms with Crippen LogP contribution in [0.1, 0.15) is 55.2 Å². The van der Waals surface area contributed by atoms with Gasteiger partial charge in [-0.2, -0.15) is 0 Å². The van der Waals surface area contributed by atoms with Crippen LogP contribution in [0.5, 0.6) is 0 Å². The van der Waals surface area contributed by atoms with Gasteiger partial charge >= 0.3 is 5.97 Å². The monoisotopic (exact) mass is 263 g/mol. The largest absolute Gasteiger partial charge is 0.478 e. The predicted octanol–water partition coefficient (Wildman–Crippen LogP) is 2.61. The zero-order chi connectivity index (χ0) is 14.2. The molecule has 0 aromatic carbocycles. The van der Waals surface area contributed by atoms with Crippen molar-refractivity contribution in [3.63, 3.8) is 0 Å². The first kappa shape index (κ1) is 13.8. The fourth-order valence-electron chi connectivity index (χ4n) is 2.90. The van der Waals surface area contributed by atoms with Crippen LogP contribution in [-0.4, -0.2) is 16.1 Å². The highest BCUT2D eigenvalue weighted by Crippen LogP contribution is 2.39. The van der Waals surface area contributed by atoms with Gasteiger partial charge in [0, 0.05) is 11.8 Å². The topological polar surface area (TPSA) is 70.2 Å². The molecule has 1 aliphatic carbocycles. The highest BCUT2D eigenvalue weighted by molar-refractivity contribution is 5.89. The van der Waals surface area contributed by atoms with Gasteiger partial charge in [0.2, 0.25) is 5.56 Å². The molecule has 0 saturated heterocycles. The first-order valence-electron chi connectivity index (χ1n) is 6.83. The van der Waals surface area contributed by atoms with Crippen LogP contribution in [-0.2, 0) is 12.8 Å². The number of carboxylic acids is 1. The van der Waals surface area contributed by atoms with Gasteiger partial charge in [-0.25, -0.2) is 4.79 Å². The van der Waals surface area contributed by atoms with Crippen LogP contribution in [0, 0.1) is 11.3 Å². The number of aromatic nitrogens is 1. The van der Waals surface area contributed by atoms with Crippen LogP contribution in [0.15, 0.2) is 10.9 Å². The highest BCUT2D eigenvalue weighted by Gasteiger charge is 2.33. The van der Waals surface area contributed by atoms with E-state index in [1.807, 2.05) is 0 Å². The molecule has 0 amide bonds. The average Bonchev–Trinajstić information content (AvgIpc) is 2.36. The van der Waals surface area contributed by atoms with Crippen molar-refractivity contribution in [1.29, 1.82) is 0 Å². The van der Waals surface area contributed by atoms with E-state index in [0.29, 0.717) is 5.92 Å². The van der Waals surface area contributed by atoms with Crippen molar-refractivity contribution in [3.8, 4) is 0 Å². The number of hydrogen-bond acceptors (Lipinski definition) is 2. The molecule has 2 N–H and O–H groups in total. The zero-order valence-corrected chi connectivity index (χ0v) is 11.7. The van der Waals surface area contributed by atoms with Gasteiger partial charge in [-0.1, -0.05) is 27.2 Å². The average molecular weight is 263 g/mol. The second-order valence-electron chi connectivity index (χ2n) is 6.09. The Morgan fingerprint density at radius 3 is 2.79 bits per heavy atom. The number of pyridine rings is 1. The van der Waals surface area contributed by atoms with Crippen LogP contribution in [0.4, 0.5) is 0 Å². The summed E-state index contributed by atoms with van der Waals surface area (Å²) in [5.74, 6) is -0.536. The maximum Gasteiger partial charge on any atom is 0.336 e. The molecule has 1 aliphatic rings. The molecule has 0 bridgehead atoms. The van der Waals surface area contributed by atoms with Gasteiger partial charge < -0.3 is 10.1 Å². The number of carbonyl (C=O) groups is 1. The molecule has 0 radical (unpaired) electrons. The van der Waals surface area contributed by atoms with Crippen molar-refractivity contribution in [3.05, 3.63) is 33.2 Å². The van der Waals surface area contributed by atoms with Crippen molar-refractivity contribution < 1.29 is 9.90 Å². The van der Waals surface area contributed by atoms with Crippen molar-refractivity contribution in [2.24, 2.45) is 11.3 Å². The van der Waals surface area contributed by atoms with Crippen molar-refractivity contribution in [2.45, 2.75) is 46.5 Å². The number of aryl methyl sites for hydroxylation is 1. The number of fused-ring (bicyclic) bond motifs is 1. The van der Waals surface area contributed by atoms with Crippen LogP contribution in [0.3, 0.4) is 0 Å². The number of aromatic amines is 1. The van der Waals surface area contributed by atoms with Gasteiger partial charge in [0.05, 0.1) is 5.56 Å². The summed E-state index contributed by atoms with van der Waals surface area (Å²) in [6.45, 7) is 6.63. The third-order valence-electron chi connectivity index (χ3n) is 4.68. The summed E-state index contributed by atoms with van der Waals surface area (Å²) in [6, 6.07) is 1.21. The van der Waals surface area contributed by atoms with E-state index in [9.17, 15) is 14.7 Å². The third-order valence-corrected chi connectivity index (χ3v) is 4.68. The Kier molecular flexibility index (Phi) is 3.52. The van der Waals surface area contributed by atoms with Crippen molar-refractivity contribution >= 4 is 5.97 Å². The molecule has 2 rings (SSSR count). The summed E-state index contributed by atoms with van der Waals surface area (Å²) in [7, 11) is 0. The number of carboxylic acid groups (broad SMARTS) is 1. The summed E-state index contributed by atoms with van der Waals surface area (Å²) in [5, 5.41) is 9.26. The smallest absolute Gasteiger partial charge is 0.336 e. The van der Waals surface area contributed by atoms with Crippen LogP contribution in [0.25, 0.3) is 0 Å². The van der Waals surface area contributed by atoms with Gasteiger partial charge in [0.1, 0.15) is 0 Å². The predicted molar refractivity (Wildman–Crippen MR) is 73.6 cm³/mol. The van der Waals surface area contributed by atoms with Gasteiger partial charge in [-0.3, -0.25) is 4.79 Å². The van der Waals surface area contributed by atoms with Gasteiger partial charge in [-0.05, 0) is 36.2 Å². The van der Waals surface area contributed by atoms with E-state index in [1.165, 1.54) is 6.07 Å². The lowest BCUT2D eigenvalue weighted by Gasteiger charge is -2.37. The van der Waals surface area contributed by atoms with E-state index in [2.05, 4.69) is 25.8 Å². The number of H-pyrrole nitrogens is 1. The van der Waals surface area contributed by atoms with Gasteiger partial charge in [-0.15, -0.1) is 0 Å². The maximum atomic E-state index is 11.5. The van der Waals surface area contributed by atoms with Crippen molar-refractivity contribution in [1.82, 2.24) is 4.98 Å². The summed E-state index contributed by atoms with van der Waals surface area (Å²) in [6.07, 6.45) is 3.58. The van der Waals surface area contributed by atoms with Crippen LogP contribution < -0.4 is 5.56 Å². The van der Waals surface area contributed by atoms with Gasteiger partial charge in [0.15, 0.2) is 0 Å². The van der Waals surface area contributed by atoms with E-state index in [-0.39, 0.29) is 16.5 Å². The van der Waals surface area contributed by atoms with E-state index < -0.39 is 5.97 Å². The zero-order valence-electron chi connectivity index (χ0n) is 11.7. The van der Waals surface area contributed by atoms with Gasteiger partial charge in [0.25, 0.3) is 0 Å². The van der Waals surface area contributed by atoms with E-state index in [1.54, 1.807) is 0 Å². The number of aromatic carboxylic acids is 1. The molecule has 0 aliphatic heterocycles. The first-order chi connectivity index (χ1) is 8.85. The number of nitrogens with one attached hydrogen (secondary N) is 1.